The van der Waals surface area contributed by atoms with Crippen molar-refractivity contribution in [2.45, 2.75) is 52.4 Å². The predicted octanol–water partition coefficient (Wildman–Crippen LogP) is 7.31. The van der Waals surface area contributed by atoms with Crippen LogP contribution in [0.25, 0.3) is 10.8 Å². The van der Waals surface area contributed by atoms with Gasteiger partial charge in [-0.2, -0.15) is 0 Å². The minimum absolute atomic E-state index is 0.271. The number of anilines is 1. The first-order valence-electron chi connectivity index (χ1n) is 12.5. The van der Waals surface area contributed by atoms with Gasteiger partial charge in [-0.1, -0.05) is 69.2 Å². The van der Waals surface area contributed by atoms with Crippen LogP contribution in [0.1, 0.15) is 45.1 Å². The normalized spacial score (nSPS) is 12.7. The predicted molar refractivity (Wildman–Crippen MR) is 143 cm³/mol. The van der Waals surface area contributed by atoms with Gasteiger partial charge >= 0.3 is 6.36 Å². The zero-order valence-corrected chi connectivity index (χ0v) is 21.8. The third-order valence-electron chi connectivity index (χ3n) is 5.99. The highest BCUT2D eigenvalue weighted by molar-refractivity contribution is 7.86. The van der Waals surface area contributed by atoms with Gasteiger partial charge in [-0.05, 0) is 66.5 Å². The molecule has 0 saturated heterocycles. The maximum absolute atomic E-state index is 13.6. The lowest BCUT2D eigenvalue weighted by Gasteiger charge is -2.27. The van der Waals surface area contributed by atoms with E-state index in [1.165, 1.54) is 12.1 Å². The van der Waals surface area contributed by atoms with Gasteiger partial charge in [0.25, 0.3) is 0 Å². The van der Waals surface area contributed by atoms with Gasteiger partial charge in [0, 0.05) is 6.54 Å². The van der Waals surface area contributed by atoms with E-state index in [2.05, 4.69) is 23.5 Å². The molecule has 1 atom stereocenters. The van der Waals surface area contributed by atoms with E-state index in [1.54, 1.807) is 12.1 Å². The SMILES string of the molecule is CCCCN(CCCC)CCS(=O)N(Cc1ccc(OC(F)(F)F)cc1)c1ccc2ccccc2c1. The molecule has 3 rings (SSSR count). The van der Waals surface area contributed by atoms with Gasteiger partial charge < -0.3 is 9.64 Å². The zero-order chi connectivity index (χ0) is 26.0. The van der Waals surface area contributed by atoms with Crippen LogP contribution < -0.4 is 9.04 Å². The van der Waals surface area contributed by atoms with E-state index >= 15 is 0 Å². The Hall–Kier alpha value is -2.58. The molecule has 0 amide bonds. The maximum Gasteiger partial charge on any atom is 0.573 e. The Labute approximate surface area is 214 Å². The van der Waals surface area contributed by atoms with Crippen LogP contribution in [0.5, 0.6) is 5.75 Å². The summed E-state index contributed by atoms with van der Waals surface area (Å²) in [5, 5.41) is 2.13. The first-order valence-corrected chi connectivity index (χ1v) is 13.8. The number of unbranched alkanes of at least 4 members (excludes halogenated alkanes) is 2. The number of alkyl halides is 3. The highest BCUT2D eigenvalue weighted by Crippen LogP contribution is 2.27. The summed E-state index contributed by atoms with van der Waals surface area (Å²) >= 11 is 0. The molecule has 0 radical (unpaired) electrons. The minimum Gasteiger partial charge on any atom is -0.406 e. The molecule has 0 aliphatic carbocycles. The average molecular weight is 521 g/mol. The van der Waals surface area contributed by atoms with Crippen molar-refractivity contribution < 1.29 is 22.1 Å². The van der Waals surface area contributed by atoms with Crippen LogP contribution in [-0.4, -0.2) is 40.9 Å². The van der Waals surface area contributed by atoms with Crippen LogP contribution in [-0.2, 0) is 17.5 Å². The summed E-state index contributed by atoms with van der Waals surface area (Å²) in [5.41, 5.74) is 1.57. The number of nitrogens with zero attached hydrogens (tertiary/aromatic N) is 2. The van der Waals surface area contributed by atoms with E-state index < -0.39 is 17.3 Å². The quantitative estimate of drug-likeness (QED) is 0.223. The van der Waals surface area contributed by atoms with Crippen LogP contribution in [0.15, 0.2) is 66.7 Å². The van der Waals surface area contributed by atoms with Gasteiger partial charge in [0.15, 0.2) is 0 Å². The van der Waals surface area contributed by atoms with Crippen LogP contribution in [0.3, 0.4) is 0 Å². The monoisotopic (exact) mass is 520 g/mol. The lowest BCUT2D eigenvalue weighted by molar-refractivity contribution is -0.274. The molecule has 1 unspecified atom stereocenters. The molecule has 0 fully saturated rings. The van der Waals surface area contributed by atoms with Gasteiger partial charge in [-0.15, -0.1) is 13.2 Å². The highest BCUT2D eigenvalue weighted by atomic mass is 32.2. The maximum atomic E-state index is 13.6. The first-order chi connectivity index (χ1) is 17.3. The molecule has 0 heterocycles. The van der Waals surface area contributed by atoms with Crippen molar-refractivity contribution in [1.29, 1.82) is 0 Å². The summed E-state index contributed by atoms with van der Waals surface area (Å²) in [6, 6.07) is 19.7. The smallest absolute Gasteiger partial charge is 0.406 e. The van der Waals surface area contributed by atoms with Gasteiger partial charge in [-0.25, -0.2) is 4.21 Å². The van der Waals surface area contributed by atoms with E-state index in [0.717, 1.165) is 67.3 Å². The second-order valence-corrected chi connectivity index (χ2v) is 10.3. The summed E-state index contributed by atoms with van der Waals surface area (Å²) in [5.74, 6) is 0.210. The summed E-state index contributed by atoms with van der Waals surface area (Å²) in [7, 11) is -1.32. The van der Waals surface area contributed by atoms with Crippen LogP contribution >= 0.6 is 0 Å². The van der Waals surface area contributed by atoms with E-state index in [0.29, 0.717) is 12.3 Å². The third-order valence-corrected chi connectivity index (χ3v) is 7.35. The summed E-state index contributed by atoms with van der Waals surface area (Å²) in [4.78, 5) is 2.38. The summed E-state index contributed by atoms with van der Waals surface area (Å²) in [6.45, 7) is 7.36. The molecule has 196 valence electrons. The summed E-state index contributed by atoms with van der Waals surface area (Å²) in [6.07, 6.45) is -0.290. The zero-order valence-electron chi connectivity index (χ0n) is 21.0. The molecule has 0 spiro atoms. The van der Waals surface area contributed by atoms with Crippen molar-refractivity contribution in [3.8, 4) is 5.75 Å². The van der Waals surface area contributed by atoms with Gasteiger partial charge in [0.1, 0.15) is 16.7 Å². The summed E-state index contributed by atoms with van der Waals surface area (Å²) < 4.78 is 57.1. The second-order valence-electron chi connectivity index (χ2n) is 8.83. The standard InChI is InChI=1S/C28H35F3N2O2S/c1-3-5-17-32(18-6-4-2)19-20-36(34)33(26-14-13-24-9-7-8-10-25(24)21-26)22-23-11-15-27(16-12-23)35-28(29,30)31/h7-16,21H,3-6,17-20,22H2,1-2H3. The van der Waals surface area contributed by atoms with Crippen molar-refractivity contribution in [2.75, 3.05) is 29.7 Å². The fourth-order valence-corrected chi connectivity index (χ4v) is 5.27. The van der Waals surface area contributed by atoms with E-state index in [4.69, 9.17) is 0 Å². The van der Waals surface area contributed by atoms with Crippen molar-refractivity contribution in [2.24, 2.45) is 0 Å². The largest absolute Gasteiger partial charge is 0.573 e. The lowest BCUT2D eigenvalue weighted by Crippen LogP contribution is -2.35. The number of benzene rings is 3. The van der Waals surface area contributed by atoms with Crippen LogP contribution in [0.2, 0.25) is 0 Å². The number of ether oxygens (including phenoxy) is 1. The Morgan fingerprint density at radius 2 is 1.47 bits per heavy atom. The van der Waals surface area contributed by atoms with E-state index in [1.807, 2.05) is 46.8 Å². The number of fused-ring (bicyclic) bond motifs is 1. The lowest BCUT2D eigenvalue weighted by atomic mass is 10.1. The second kappa shape index (κ2) is 13.7. The Morgan fingerprint density at radius 3 is 2.08 bits per heavy atom. The van der Waals surface area contributed by atoms with Crippen molar-refractivity contribution in [3.63, 3.8) is 0 Å². The number of hydrogen-bond acceptors (Lipinski definition) is 3. The minimum atomic E-state index is -4.73. The van der Waals surface area contributed by atoms with Crippen molar-refractivity contribution in [3.05, 3.63) is 72.3 Å². The molecule has 0 aliphatic rings. The number of rotatable bonds is 14. The molecular formula is C28H35F3N2O2S. The molecule has 0 saturated carbocycles. The van der Waals surface area contributed by atoms with Gasteiger partial charge in [0.2, 0.25) is 0 Å². The van der Waals surface area contributed by atoms with Gasteiger partial charge in [-0.3, -0.25) is 4.31 Å². The number of halogens is 3. The molecular weight excluding hydrogens is 485 g/mol. The van der Waals surface area contributed by atoms with E-state index in [9.17, 15) is 17.4 Å². The van der Waals surface area contributed by atoms with E-state index in [-0.39, 0.29) is 5.75 Å². The van der Waals surface area contributed by atoms with Crippen LogP contribution in [0, 0.1) is 0 Å². The Kier molecular flexibility index (Phi) is 10.6. The first kappa shape index (κ1) is 28.0. The van der Waals surface area contributed by atoms with Crippen LogP contribution in [0.4, 0.5) is 18.9 Å². The molecule has 0 aliphatic heterocycles. The van der Waals surface area contributed by atoms with Crippen molar-refractivity contribution in [1.82, 2.24) is 4.90 Å². The third kappa shape index (κ3) is 8.82. The Morgan fingerprint density at radius 1 is 0.833 bits per heavy atom. The fourth-order valence-electron chi connectivity index (χ4n) is 3.99. The molecule has 36 heavy (non-hydrogen) atoms. The highest BCUT2D eigenvalue weighted by Gasteiger charge is 2.31. The number of hydrogen-bond donors (Lipinski definition) is 0. The van der Waals surface area contributed by atoms with Crippen molar-refractivity contribution >= 4 is 27.4 Å². The molecule has 4 nitrogen and oxygen atoms in total. The topological polar surface area (TPSA) is 32.8 Å². The Balaban J connectivity index is 1.80. The Bertz CT molecular complexity index is 1100. The van der Waals surface area contributed by atoms with Gasteiger partial charge in [0.05, 0.1) is 18.0 Å². The molecule has 0 bridgehead atoms. The molecule has 0 aromatic heterocycles. The average Bonchev–Trinajstić information content (AvgIpc) is 2.86. The molecule has 3 aromatic rings. The fraction of sp³-hybridized carbons (Fsp3) is 0.429. The molecule has 8 heteroatoms. The molecule has 0 N–H and O–H groups in total. The molecule has 3 aromatic carbocycles.